The Bertz CT molecular complexity index is 967. The van der Waals surface area contributed by atoms with Crippen LogP contribution in [-0.4, -0.2) is 81.4 Å². The first kappa shape index (κ1) is 27.9. The standard InChI is InChI=1S/C22H33N3O7S2/c1-14(2)20(22(28)32-4)24-21(27)18-12-15(23-19(26)13-33-5)10-11-25(18)34(29,30)17-8-6-16(31-3)7-9-17/h6-9,14-15,18,20H,10-13H2,1-5H3,(H,23,26)(H,24,27). The number of benzene rings is 1. The van der Waals surface area contributed by atoms with Crippen LogP contribution in [0.2, 0.25) is 0 Å². The molecule has 10 nitrogen and oxygen atoms in total. The molecular formula is C22H33N3O7S2. The highest BCUT2D eigenvalue weighted by molar-refractivity contribution is 7.99. The normalized spacial score (nSPS) is 19.8. The highest BCUT2D eigenvalue weighted by atomic mass is 32.2. The highest BCUT2D eigenvalue weighted by Gasteiger charge is 2.42. The van der Waals surface area contributed by atoms with Crippen LogP contribution in [0.15, 0.2) is 29.2 Å². The molecule has 0 saturated carbocycles. The van der Waals surface area contributed by atoms with Gasteiger partial charge in [0.1, 0.15) is 17.8 Å². The molecule has 1 heterocycles. The third-order valence-corrected chi connectivity index (χ3v) is 8.06. The Morgan fingerprint density at radius 2 is 1.82 bits per heavy atom. The number of amides is 2. The molecule has 34 heavy (non-hydrogen) atoms. The fourth-order valence-corrected chi connectivity index (χ4v) is 5.72. The van der Waals surface area contributed by atoms with E-state index in [2.05, 4.69) is 10.6 Å². The number of piperidine rings is 1. The van der Waals surface area contributed by atoms with Crippen molar-refractivity contribution in [1.29, 1.82) is 0 Å². The van der Waals surface area contributed by atoms with Crippen LogP contribution in [0.1, 0.15) is 26.7 Å². The van der Waals surface area contributed by atoms with Gasteiger partial charge in [-0.25, -0.2) is 13.2 Å². The second-order valence-corrected chi connectivity index (χ2v) is 11.0. The summed E-state index contributed by atoms with van der Waals surface area (Å²) in [5, 5.41) is 5.52. The van der Waals surface area contributed by atoms with E-state index in [9.17, 15) is 22.8 Å². The molecule has 190 valence electrons. The van der Waals surface area contributed by atoms with E-state index in [1.807, 2.05) is 0 Å². The molecule has 3 atom stereocenters. The third-order valence-electron chi connectivity index (χ3n) is 5.58. The van der Waals surface area contributed by atoms with Gasteiger partial charge in [-0.2, -0.15) is 16.1 Å². The molecule has 1 aromatic rings. The Balaban J connectivity index is 2.35. The lowest BCUT2D eigenvalue weighted by Crippen LogP contribution is -2.59. The lowest BCUT2D eigenvalue weighted by Gasteiger charge is -2.38. The number of hydrogen-bond donors (Lipinski definition) is 2. The van der Waals surface area contributed by atoms with Gasteiger partial charge in [-0.3, -0.25) is 9.59 Å². The molecule has 2 amide bonds. The summed E-state index contributed by atoms with van der Waals surface area (Å²) >= 11 is 1.37. The summed E-state index contributed by atoms with van der Waals surface area (Å²) in [5.41, 5.74) is 0. The first-order valence-electron chi connectivity index (χ1n) is 10.9. The molecule has 0 spiro atoms. The summed E-state index contributed by atoms with van der Waals surface area (Å²) in [4.78, 5) is 37.6. The summed E-state index contributed by atoms with van der Waals surface area (Å²) in [6, 6.07) is 3.46. The number of nitrogens with zero attached hydrogens (tertiary/aromatic N) is 1. The number of thioether (sulfide) groups is 1. The quantitative estimate of drug-likeness (QED) is 0.442. The maximum absolute atomic E-state index is 13.5. The van der Waals surface area contributed by atoms with Gasteiger partial charge in [0.05, 0.1) is 24.9 Å². The smallest absolute Gasteiger partial charge is 0.328 e. The molecule has 3 unspecified atom stereocenters. The van der Waals surface area contributed by atoms with Crippen LogP contribution in [0, 0.1) is 5.92 Å². The Hall–Kier alpha value is -2.31. The molecule has 1 saturated heterocycles. The molecule has 1 aliphatic heterocycles. The molecule has 1 aliphatic rings. The van der Waals surface area contributed by atoms with Crippen LogP contribution in [-0.2, 0) is 29.1 Å². The molecular weight excluding hydrogens is 482 g/mol. The predicted octanol–water partition coefficient (Wildman–Crippen LogP) is 1.01. The zero-order chi connectivity index (χ0) is 25.5. The molecule has 0 radical (unpaired) electrons. The van der Waals surface area contributed by atoms with Gasteiger partial charge in [0.2, 0.25) is 21.8 Å². The molecule has 2 rings (SSSR count). The van der Waals surface area contributed by atoms with Gasteiger partial charge in [-0.05, 0) is 49.3 Å². The predicted molar refractivity (Wildman–Crippen MR) is 129 cm³/mol. The molecule has 0 bridgehead atoms. The maximum atomic E-state index is 13.5. The fourth-order valence-electron chi connectivity index (χ4n) is 3.76. The van der Waals surface area contributed by atoms with Crippen LogP contribution < -0.4 is 15.4 Å². The van der Waals surface area contributed by atoms with E-state index < -0.39 is 34.0 Å². The van der Waals surface area contributed by atoms with Gasteiger partial charge < -0.3 is 20.1 Å². The number of carbonyl (C=O) groups is 3. The van der Waals surface area contributed by atoms with E-state index in [1.165, 1.54) is 50.2 Å². The zero-order valence-electron chi connectivity index (χ0n) is 20.1. The lowest BCUT2D eigenvalue weighted by molar-refractivity contribution is -0.147. The minimum absolute atomic E-state index is 0.0179. The van der Waals surface area contributed by atoms with Crippen molar-refractivity contribution in [3.63, 3.8) is 0 Å². The average molecular weight is 516 g/mol. The number of sulfonamides is 1. The second-order valence-electron chi connectivity index (χ2n) is 8.28. The van der Waals surface area contributed by atoms with Crippen LogP contribution in [0.4, 0.5) is 0 Å². The van der Waals surface area contributed by atoms with Gasteiger partial charge in [-0.1, -0.05) is 13.8 Å². The Kier molecular flexibility index (Phi) is 10.2. The van der Waals surface area contributed by atoms with Gasteiger partial charge in [0, 0.05) is 12.6 Å². The monoisotopic (exact) mass is 515 g/mol. The maximum Gasteiger partial charge on any atom is 0.328 e. The summed E-state index contributed by atoms with van der Waals surface area (Å²) in [5.74, 6) is -0.930. The van der Waals surface area contributed by atoms with Crippen LogP contribution >= 0.6 is 11.8 Å². The minimum Gasteiger partial charge on any atom is -0.497 e. The number of hydrogen-bond acceptors (Lipinski definition) is 8. The summed E-state index contributed by atoms with van der Waals surface area (Å²) < 4.78 is 38.0. The SMILES string of the molecule is COC(=O)C(NC(=O)C1CC(NC(=O)CSC)CCN1S(=O)(=O)c1ccc(OC)cc1)C(C)C. The van der Waals surface area contributed by atoms with Crippen molar-refractivity contribution in [1.82, 2.24) is 14.9 Å². The molecule has 0 aliphatic carbocycles. The molecule has 12 heteroatoms. The highest BCUT2D eigenvalue weighted by Crippen LogP contribution is 2.27. The Morgan fingerprint density at radius 1 is 1.18 bits per heavy atom. The molecule has 0 aromatic heterocycles. The van der Waals surface area contributed by atoms with Gasteiger partial charge >= 0.3 is 5.97 Å². The van der Waals surface area contributed by atoms with E-state index in [0.29, 0.717) is 12.2 Å². The lowest BCUT2D eigenvalue weighted by atomic mass is 9.97. The largest absolute Gasteiger partial charge is 0.497 e. The van der Waals surface area contributed by atoms with Crippen LogP contribution in [0.25, 0.3) is 0 Å². The summed E-state index contributed by atoms with van der Waals surface area (Å²) in [7, 11) is -1.34. The van der Waals surface area contributed by atoms with Crippen molar-refractivity contribution in [2.24, 2.45) is 5.92 Å². The van der Waals surface area contributed by atoms with Crippen LogP contribution in [0.3, 0.4) is 0 Å². The zero-order valence-corrected chi connectivity index (χ0v) is 21.7. The van der Waals surface area contributed by atoms with Gasteiger partial charge in [0.25, 0.3) is 0 Å². The van der Waals surface area contributed by atoms with E-state index in [-0.39, 0.29) is 41.5 Å². The molecule has 1 fully saturated rings. The third kappa shape index (κ3) is 6.86. The first-order valence-corrected chi connectivity index (χ1v) is 13.7. The van der Waals surface area contributed by atoms with Gasteiger partial charge in [-0.15, -0.1) is 0 Å². The van der Waals surface area contributed by atoms with Crippen molar-refractivity contribution in [3.05, 3.63) is 24.3 Å². The Morgan fingerprint density at radius 3 is 2.35 bits per heavy atom. The van der Waals surface area contributed by atoms with E-state index in [1.54, 1.807) is 20.1 Å². The number of nitrogens with one attached hydrogen (secondary N) is 2. The average Bonchev–Trinajstić information content (AvgIpc) is 2.81. The summed E-state index contributed by atoms with van der Waals surface area (Å²) in [6.45, 7) is 3.53. The topological polar surface area (TPSA) is 131 Å². The van der Waals surface area contributed by atoms with E-state index >= 15 is 0 Å². The molecule has 2 N–H and O–H groups in total. The Labute approximate surface area is 205 Å². The first-order chi connectivity index (χ1) is 16.0. The van der Waals surface area contributed by atoms with Crippen molar-refractivity contribution in [3.8, 4) is 5.75 Å². The number of methoxy groups -OCH3 is 2. The minimum atomic E-state index is -4.04. The van der Waals surface area contributed by atoms with E-state index in [4.69, 9.17) is 9.47 Å². The summed E-state index contributed by atoms with van der Waals surface area (Å²) in [6.07, 6.45) is 2.23. The number of esters is 1. The van der Waals surface area contributed by atoms with Crippen molar-refractivity contribution >= 4 is 39.6 Å². The van der Waals surface area contributed by atoms with Crippen LogP contribution in [0.5, 0.6) is 5.75 Å². The van der Waals surface area contributed by atoms with E-state index in [0.717, 1.165) is 4.31 Å². The van der Waals surface area contributed by atoms with Crippen molar-refractivity contribution in [2.45, 2.75) is 49.7 Å². The fraction of sp³-hybridized carbons (Fsp3) is 0.591. The van der Waals surface area contributed by atoms with Crippen molar-refractivity contribution in [2.75, 3.05) is 32.8 Å². The molecule has 1 aromatic carbocycles. The van der Waals surface area contributed by atoms with Crippen molar-refractivity contribution < 1.29 is 32.3 Å². The number of rotatable bonds is 10. The second kappa shape index (κ2) is 12.4. The van der Waals surface area contributed by atoms with Gasteiger partial charge in [0.15, 0.2) is 0 Å². The number of ether oxygens (including phenoxy) is 2. The number of carbonyl (C=O) groups excluding carboxylic acids is 3.